The average molecular weight is 297 g/mol. The predicted molar refractivity (Wildman–Crippen MR) is 75.2 cm³/mol. The Hall–Kier alpha value is -1.56. The molecule has 0 bridgehead atoms. The predicted octanol–water partition coefficient (Wildman–Crippen LogP) is 1.95. The third-order valence-corrected chi connectivity index (χ3v) is 4.43. The molecule has 108 valence electrons. The minimum atomic E-state index is -0.410. The van der Waals surface area contributed by atoms with Crippen LogP contribution in [0.2, 0.25) is 0 Å². The molecule has 0 saturated carbocycles. The van der Waals surface area contributed by atoms with Gasteiger partial charge in [0.15, 0.2) is 0 Å². The van der Waals surface area contributed by atoms with E-state index in [1.807, 2.05) is 0 Å². The summed E-state index contributed by atoms with van der Waals surface area (Å²) in [5.41, 5.74) is 0.364. The molecule has 4 nitrogen and oxygen atoms in total. The number of carbonyl (C=O) groups excluding carboxylic acids is 2. The molecule has 1 aromatic rings. The fraction of sp³-hybridized carbons (Fsp3) is 0.429. The van der Waals surface area contributed by atoms with E-state index in [0.29, 0.717) is 24.4 Å². The first-order chi connectivity index (χ1) is 9.60. The lowest BCUT2D eigenvalue weighted by atomic mass is 10.2. The summed E-state index contributed by atoms with van der Waals surface area (Å²) in [5, 5.41) is 0.228. The fourth-order valence-corrected chi connectivity index (χ4v) is 3.14. The Bertz CT molecular complexity index is 509. The molecule has 1 unspecified atom stereocenters. The zero-order valence-corrected chi connectivity index (χ0v) is 12.0. The lowest BCUT2D eigenvalue weighted by molar-refractivity contribution is -0.137. The number of halogens is 1. The van der Waals surface area contributed by atoms with Crippen molar-refractivity contribution in [1.29, 1.82) is 0 Å². The SMILES string of the molecule is COC(=O)CSC1CCN(C(=O)c2cccc(F)c2)C1. The van der Waals surface area contributed by atoms with Crippen LogP contribution in [-0.4, -0.2) is 48.0 Å². The minimum Gasteiger partial charge on any atom is -0.468 e. The van der Waals surface area contributed by atoms with E-state index in [4.69, 9.17) is 0 Å². The van der Waals surface area contributed by atoms with Crippen LogP contribution in [0.3, 0.4) is 0 Å². The Morgan fingerprint density at radius 3 is 3.00 bits per heavy atom. The van der Waals surface area contributed by atoms with E-state index in [-0.39, 0.29) is 17.1 Å². The third kappa shape index (κ3) is 3.72. The summed E-state index contributed by atoms with van der Waals surface area (Å²) < 4.78 is 17.7. The molecule has 20 heavy (non-hydrogen) atoms. The first kappa shape index (κ1) is 14.8. The highest BCUT2D eigenvalue weighted by molar-refractivity contribution is 8.00. The second-order valence-corrected chi connectivity index (χ2v) is 5.85. The van der Waals surface area contributed by atoms with Crippen molar-refractivity contribution in [2.45, 2.75) is 11.7 Å². The highest BCUT2D eigenvalue weighted by atomic mass is 32.2. The van der Waals surface area contributed by atoms with Gasteiger partial charge in [0.05, 0.1) is 12.9 Å². The van der Waals surface area contributed by atoms with Crippen molar-refractivity contribution in [3.05, 3.63) is 35.6 Å². The molecular formula is C14H16FNO3S. The number of amides is 1. The van der Waals surface area contributed by atoms with Crippen LogP contribution in [0.1, 0.15) is 16.8 Å². The summed E-state index contributed by atoms with van der Waals surface area (Å²) in [5.74, 6) is -0.536. The van der Waals surface area contributed by atoms with E-state index in [1.54, 1.807) is 11.0 Å². The zero-order chi connectivity index (χ0) is 14.5. The van der Waals surface area contributed by atoms with E-state index < -0.39 is 5.82 Å². The first-order valence-electron chi connectivity index (χ1n) is 6.33. The second-order valence-electron chi connectivity index (χ2n) is 4.56. The maximum atomic E-state index is 13.1. The van der Waals surface area contributed by atoms with Crippen LogP contribution in [0, 0.1) is 5.82 Å². The number of hydrogen-bond donors (Lipinski definition) is 0. The fourth-order valence-electron chi connectivity index (χ4n) is 2.10. The van der Waals surface area contributed by atoms with Crippen LogP contribution in [0.5, 0.6) is 0 Å². The number of esters is 1. The van der Waals surface area contributed by atoms with Gasteiger partial charge in [0.1, 0.15) is 5.82 Å². The molecule has 0 spiro atoms. The number of thioether (sulfide) groups is 1. The standard InChI is InChI=1S/C14H16FNO3S/c1-19-13(17)9-20-12-5-6-16(8-12)14(18)10-3-2-4-11(15)7-10/h2-4,7,12H,5-6,8-9H2,1H3. The van der Waals surface area contributed by atoms with Crippen molar-refractivity contribution >= 4 is 23.6 Å². The monoisotopic (exact) mass is 297 g/mol. The van der Waals surface area contributed by atoms with Crippen LogP contribution in [0.4, 0.5) is 4.39 Å². The van der Waals surface area contributed by atoms with Crippen molar-refractivity contribution in [2.75, 3.05) is 26.0 Å². The summed E-state index contributed by atoms with van der Waals surface area (Å²) in [4.78, 5) is 25.0. The van der Waals surface area contributed by atoms with Gasteiger partial charge in [-0.2, -0.15) is 0 Å². The number of rotatable bonds is 4. The number of likely N-dealkylation sites (tertiary alicyclic amines) is 1. The Kier molecular flexibility index (Phi) is 5.00. The quantitative estimate of drug-likeness (QED) is 0.797. The van der Waals surface area contributed by atoms with Gasteiger partial charge >= 0.3 is 5.97 Å². The molecule has 1 saturated heterocycles. The van der Waals surface area contributed by atoms with Crippen LogP contribution in [0.15, 0.2) is 24.3 Å². The van der Waals surface area contributed by atoms with Crippen molar-refractivity contribution in [3.8, 4) is 0 Å². The van der Waals surface area contributed by atoms with Crippen LogP contribution >= 0.6 is 11.8 Å². The summed E-state index contributed by atoms with van der Waals surface area (Å²) >= 11 is 1.49. The third-order valence-electron chi connectivity index (χ3n) is 3.17. The Balaban J connectivity index is 1.89. The molecular weight excluding hydrogens is 281 g/mol. The summed E-state index contributed by atoms with van der Waals surface area (Å²) in [7, 11) is 1.36. The van der Waals surface area contributed by atoms with Crippen LogP contribution in [-0.2, 0) is 9.53 Å². The van der Waals surface area contributed by atoms with Crippen molar-refractivity contribution in [2.24, 2.45) is 0 Å². The zero-order valence-electron chi connectivity index (χ0n) is 11.2. The molecule has 0 radical (unpaired) electrons. The molecule has 1 heterocycles. The molecule has 1 aliphatic heterocycles. The van der Waals surface area contributed by atoms with E-state index in [1.165, 1.54) is 37.1 Å². The highest BCUT2D eigenvalue weighted by Crippen LogP contribution is 2.24. The van der Waals surface area contributed by atoms with Gasteiger partial charge < -0.3 is 9.64 Å². The molecule has 6 heteroatoms. The molecule has 0 aromatic heterocycles. The molecule has 1 aromatic carbocycles. The van der Waals surface area contributed by atoms with E-state index in [0.717, 1.165) is 6.42 Å². The average Bonchev–Trinajstić information content (AvgIpc) is 2.92. The number of benzene rings is 1. The van der Waals surface area contributed by atoms with Crippen LogP contribution in [0.25, 0.3) is 0 Å². The summed E-state index contributed by atoms with van der Waals surface area (Å²) in [6.45, 7) is 1.21. The maximum absolute atomic E-state index is 13.1. The van der Waals surface area contributed by atoms with Gasteiger partial charge in [-0.3, -0.25) is 9.59 Å². The normalized spacial score (nSPS) is 18.1. The number of carbonyl (C=O) groups is 2. The van der Waals surface area contributed by atoms with E-state index >= 15 is 0 Å². The van der Waals surface area contributed by atoms with Crippen molar-refractivity contribution in [1.82, 2.24) is 4.90 Å². The van der Waals surface area contributed by atoms with Crippen LogP contribution < -0.4 is 0 Å². The van der Waals surface area contributed by atoms with Gasteiger partial charge in [0.25, 0.3) is 5.91 Å². The summed E-state index contributed by atoms with van der Waals surface area (Å²) in [6, 6.07) is 5.70. The minimum absolute atomic E-state index is 0.161. The molecule has 2 rings (SSSR count). The number of nitrogens with zero attached hydrogens (tertiary/aromatic N) is 1. The highest BCUT2D eigenvalue weighted by Gasteiger charge is 2.27. The Labute approximate surface area is 121 Å². The van der Waals surface area contributed by atoms with Crippen molar-refractivity contribution < 1.29 is 18.7 Å². The molecule has 0 aliphatic carbocycles. The maximum Gasteiger partial charge on any atom is 0.315 e. The topological polar surface area (TPSA) is 46.6 Å². The van der Waals surface area contributed by atoms with E-state index in [2.05, 4.69) is 4.74 Å². The van der Waals surface area contributed by atoms with Gasteiger partial charge in [-0.1, -0.05) is 6.07 Å². The van der Waals surface area contributed by atoms with Gasteiger partial charge in [-0.15, -0.1) is 11.8 Å². The Morgan fingerprint density at radius 1 is 1.50 bits per heavy atom. The molecule has 1 fully saturated rings. The molecule has 1 aliphatic rings. The summed E-state index contributed by atoms with van der Waals surface area (Å²) in [6.07, 6.45) is 0.836. The van der Waals surface area contributed by atoms with Gasteiger partial charge in [-0.25, -0.2) is 4.39 Å². The van der Waals surface area contributed by atoms with Gasteiger partial charge in [-0.05, 0) is 24.6 Å². The molecule has 1 amide bonds. The van der Waals surface area contributed by atoms with E-state index in [9.17, 15) is 14.0 Å². The lowest BCUT2D eigenvalue weighted by Gasteiger charge is -2.16. The smallest absolute Gasteiger partial charge is 0.315 e. The largest absolute Gasteiger partial charge is 0.468 e. The number of ether oxygens (including phenoxy) is 1. The molecule has 1 atom stereocenters. The van der Waals surface area contributed by atoms with Crippen molar-refractivity contribution in [3.63, 3.8) is 0 Å². The lowest BCUT2D eigenvalue weighted by Crippen LogP contribution is -2.29. The Morgan fingerprint density at radius 2 is 2.30 bits per heavy atom. The molecule has 0 N–H and O–H groups in total. The van der Waals surface area contributed by atoms with Gasteiger partial charge in [0.2, 0.25) is 0 Å². The van der Waals surface area contributed by atoms with Gasteiger partial charge in [0, 0.05) is 23.9 Å². The first-order valence-corrected chi connectivity index (χ1v) is 7.38. The number of methoxy groups -OCH3 is 1. The second kappa shape index (κ2) is 6.74. The number of hydrogen-bond acceptors (Lipinski definition) is 4.